The average Bonchev–Trinajstić information content (AvgIpc) is 2.99. The normalized spacial score (nSPS) is 18.9. The van der Waals surface area contributed by atoms with Crippen molar-refractivity contribution in [2.24, 2.45) is 0 Å². The van der Waals surface area contributed by atoms with E-state index >= 15 is 0 Å². The molecule has 0 saturated carbocycles. The van der Waals surface area contributed by atoms with Crippen molar-refractivity contribution in [3.63, 3.8) is 0 Å². The topological polar surface area (TPSA) is 91.4 Å². The molecule has 1 aromatic carbocycles. The molecule has 2 amide bonds. The molecule has 0 spiro atoms. The molecule has 2 aliphatic heterocycles. The van der Waals surface area contributed by atoms with Gasteiger partial charge in [-0.3, -0.25) is 18.9 Å². The molecule has 0 aliphatic carbocycles. The minimum absolute atomic E-state index is 0.0228. The molecule has 3 rings (SSSR count). The van der Waals surface area contributed by atoms with Crippen LogP contribution in [0.4, 0.5) is 25.0 Å². The molecule has 1 N–H and O–H groups in total. The van der Waals surface area contributed by atoms with Crippen LogP contribution in [-0.4, -0.2) is 81.5 Å². The number of anilines is 2. The van der Waals surface area contributed by atoms with Crippen LogP contribution < -0.4 is 15.1 Å². The predicted octanol–water partition coefficient (Wildman–Crippen LogP) is 2.05. The fraction of sp³-hybridized carbons (Fsp3) is 0.591. The van der Waals surface area contributed by atoms with Crippen molar-refractivity contribution >= 4 is 29.2 Å². The van der Waals surface area contributed by atoms with Crippen molar-refractivity contribution in [3.05, 3.63) is 24.0 Å². The van der Waals surface area contributed by atoms with Gasteiger partial charge in [0.15, 0.2) is 0 Å². The van der Waals surface area contributed by atoms with Crippen LogP contribution in [-0.2, 0) is 19.2 Å². The molecule has 182 valence electrons. The fourth-order valence-corrected chi connectivity index (χ4v) is 3.73. The lowest BCUT2D eigenvalue weighted by atomic mass is 10.1. The van der Waals surface area contributed by atoms with Gasteiger partial charge in [0.05, 0.1) is 44.3 Å². The molecule has 1 atom stereocenters. The van der Waals surface area contributed by atoms with Crippen LogP contribution in [0.15, 0.2) is 18.2 Å². The van der Waals surface area contributed by atoms with Gasteiger partial charge < -0.3 is 19.7 Å². The summed E-state index contributed by atoms with van der Waals surface area (Å²) in [5, 5.41) is 4.11. The highest BCUT2D eigenvalue weighted by Gasteiger charge is 2.33. The zero-order chi connectivity index (χ0) is 23.8. The number of rotatable bonds is 10. The first-order valence-electron chi connectivity index (χ1n) is 11.1. The Balaban J connectivity index is 1.57. The van der Waals surface area contributed by atoms with E-state index in [0.29, 0.717) is 50.3 Å². The van der Waals surface area contributed by atoms with Gasteiger partial charge in [0.1, 0.15) is 17.7 Å². The number of benzene rings is 1. The first-order chi connectivity index (χ1) is 15.9. The molecular formula is C22H30F2N4O5. The quantitative estimate of drug-likeness (QED) is 0.526. The summed E-state index contributed by atoms with van der Waals surface area (Å²) < 4.78 is 32.4. The number of carbonyl (C=O) groups excluding carboxylic acids is 3. The first-order valence-corrected chi connectivity index (χ1v) is 11.1. The van der Waals surface area contributed by atoms with Crippen LogP contribution in [0, 0.1) is 5.82 Å². The molecule has 0 aromatic heterocycles. The first kappa shape index (κ1) is 24.8. The Bertz CT molecular complexity index is 856. The number of nitrogens with zero attached hydrogens (tertiary/aromatic N) is 3. The Kier molecular flexibility index (Phi) is 8.95. The van der Waals surface area contributed by atoms with E-state index in [9.17, 15) is 23.2 Å². The molecule has 2 saturated heterocycles. The summed E-state index contributed by atoms with van der Waals surface area (Å²) in [6.07, 6.45) is 0.136. The molecule has 11 heteroatoms. The summed E-state index contributed by atoms with van der Waals surface area (Å²) in [4.78, 5) is 44.2. The molecule has 0 bridgehead atoms. The largest absolute Gasteiger partial charge is 0.444 e. The van der Waals surface area contributed by atoms with Gasteiger partial charge in [0, 0.05) is 19.5 Å². The fourth-order valence-electron chi connectivity index (χ4n) is 3.73. The van der Waals surface area contributed by atoms with Gasteiger partial charge in [0.25, 0.3) is 5.91 Å². The van der Waals surface area contributed by atoms with Crippen molar-refractivity contribution in [2.45, 2.75) is 32.3 Å². The number of Topliss-reactive ketones (excluding diaryl/α,β-unsaturated/α-hetero) is 1. The Labute approximate surface area is 191 Å². The van der Waals surface area contributed by atoms with Crippen molar-refractivity contribution in [1.29, 1.82) is 0 Å². The summed E-state index contributed by atoms with van der Waals surface area (Å²) in [7, 11) is 0. The highest BCUT2D eigenvalue weighted by molar-refractivity contribution is 5.90. The lowest BCUT2D eigenvalue weighted by molar-refractivity contribution is -0.180. The van der Waals surface area contributed by atoms with Crippen LogP contribution in [0.2, 0.25) is 0 Å². The van der Waals surface area contributed by atoms with Crippen LogP contribution >= 0.6 is 0 Å². The third-order valence-electron chi connectivity index (χ3n) is 5.50. The maximum Gasteiger partial charge on any atom is 0.414 e. The lowest BCUT2D eigenvalue weighted by Crippen LogP contribution is -2.40. The van der Waals surface area contributed by atoms with Crippen LogP contribution in [0.5, 0.6) is 0 Å². The van der Waals surface area contributed by atoms with Gasteiger partial charge in [-0.05, 0) is 44.5 Å². The zero-order valence-corrected chi connectivity index (χ0v) is 18.7. The van der Waals surface area contributed by atoms with E-state index in [1.165, 1.54) is 23.0 Å². The van der Waals surface area contributed by atoms with Gasteiger partial charge >= 0.3 is 6.09 Å². The number of ketones is 1. The number of carbonyl (C=O) groups is 3. The minimum atomic E-state index is -0.562. The standard InChI is InChI=1S/C22H30F2N4O5/c1-16(29)3-5-18-15-27(22(31)33-18)17-4-6-20(19(24)13-17)26-9-10-28(32-12-11-26)21(30)14-25-8-2-7-23/h4,6,13,18,25H,2-3,5,7-12,14-15H2,1H3/t18-/m0/s1. The van der Waals surface area contributed by atoms with E-state index in [2.05, 4.69) is 5.32 Å². The van der Waals surface area contributed by atoms with Gasteiger partial charge in [-0.2, -0.15) is 0 Å². The van der Waals surface area contributed by atoms with Crippen LogP contribution in [0.25, 0.3) is 0 Å². The second-order valence-electron chi connectivity index (χ2n) is 8.03. The Morgan fingerprint density at radius 1 is 1.24 bits per heavy atom. The second-order valence-corrected chi connectivity index (χ2v) is 8.03. The van der Waals surface area contributed by atoms with Crippen LogP contribution in [0.1, 0.15) is 26.2 Å². The number of amides is 2. The van der Waals surface area contributed by atoms with Gasteiger partial charge in [0.2, 0.25) is 0 Å². The number of nitrogens with one attached hydrogen (secondary N) is 1. The highest BCUT2D eigenvalue weighted by atomic mass is 19.1. The molecule has 2 aliphatic rings. The van der Waals surface area contributed by atoms with Crippen molar-refractivity contribution in [1.82, 2.24) is 10.4 Å². The SMILES string of the molecule is CC(=O)CC[C@H]1CN(c2ccc(N3CCON(C(=O)CNCCCF)CC3)c(F)c2)C(=O)O1. The molecule has 0 unspecified atom stereocenters. The van der Waals surface area contributed by atoms with Gasteiger partial charge in [-0.15, -0.1) is 0 Å². The number of ether oxygens (including phenoxy) is 1. The zero-order valence-electron chi connectivity index (χ0n) is 18.7. The maximum absolute atomic E-state index is 15.0. The van der Waals surface area contributed by atoms with Gasteiger partial charge in [-0.1, -0.05) is 0 Å². The van der Waals surface area contributed by atoms with E-state index in [1.807, 2.05) is 0 Å². The third-order valence-corrected chi connectivity index (χ3v) is 5.50. The Hall–Kier alpha value is -2.79. The van der Waals surface area contributed by atoms with E-state index < -0.39 is 24.7 Å². The monoisotopic (exact) mass is 468 g/mol. The van der Waals surface area contributed by atoms with E-state index in [0.717, 1.165) is 0 Å². The lowest BCUT2D eigenvalue weighted by Gasteiger charge is -2.24. The predicted molar refractivity (Wildman–Crippen MR) is 117 cm³/mol. The van der Waals surface area contributed by atoms with E-state index in [1.54, 1.807) is 17.0 Å². The summed E-state index contributed by atoms with van der Waals surface area (Å²) in [5.74, 6) is -0.742. The number of hydrogen-bond acceptors (Lipinski definition) is 7. The molecule has 2 fully saturated rings. The molecule has 0 radical (unpaired) electrons. The van der Waals surface area contributed by atoms with Crippen LogP contribution in [0.3, 0.4) is 0 Å². The number of hydrogen-bond donors (Lipinski definition) is 1. The number of cyclic esters (lactones) is 1. The Morgan fingerprint density at radius 2 is 2.06 bits per heavy atom. The number of alkyl halides is 1. The number of hydroxylamine groups is 2. The number of halogens is 2. The molecule has 1 aromatic rings. The van der Waals surface area contributed by atoms with E-state index in [4.69, 9.17) is 9.57 Å². The summed E-state index contributed by atoms with van der Waals surface area (Å²) >= 11 is 0. The minimum Gasteiger partial charge on any atom is -0.444 e. The van der Waals surface area contributed by atoms with Crippen molar-refractivity contribution < 1.29 is 32.7 Å². The average molecular weight is 469 g/mol. The Morgan fingerprint density at radius 3 is 2.79 bits per heavy atom. The summed E-state index contributed by atoms with van der Waals surface area (Å²) in [5.41, 5.74) is 0.729. The van der Waals surface area contributed by atoms with Crippen molar-refractivity contribution in [2.75, 3.05) is 62.3 Å². The second kappa shape index (κ2) is 11.9. The third kappa shape index (κ3) is 6.84. The smallest absolute Gasteiger partial charge is 0.414 e. The van der Waals surface area contributed by atoms with Gasteiger partial charge in [-0.25, -0.2) is 14.2 Å². The van der Waals surface area contributed by atoms with E-state index in [-0.39, 0.29) is 37.9 Å². The molecule has 2 heterocycles. The highest BCUT2D eigenvalue weighted by Crippen LogP contribution is 2.29. The molecule has 33 heavy (non-hydrogen) atoms. The molecule has 9 nitrogen and oxygen atoms in total. The maximum atomic E-state index is 15.0. The summed E-state index contributed by atoms with van der Waals surface area (Å²) in [6, 6.07) is 4.53. The van der Waals surface area contributed by atoms with Crippen molar-refractivity contribution in [3.8, 4) is 0 Å². The summed E-state index contributed by atoms with van der Waals surface area (Å²) in [6.45, 7) is 2.95. The molecular weight excluding hydrogens is 438 g/mol.